The standard InChI is InChI=1S/C15H13F3OS/c1-2-12-6-7-14(20-12)13(19)9-10-4-3-5-11(8-10)15(16,17)18/h3-8H,2,9H2,1H3. The first-order valence-electron chi connectivity index (χ1n) is 6.18. The number of ketones is 1. The van der Waals surface area contributed by atoms with Crippen LogP contribution in [0.2, 0.25) is 0 Å². The lowest BCUT2D eigenvalue weighted by Crippen LogP contribution is -2.07. The van der Waals surface area contributed by atoms with Crippen LogP contribution in [-0.2, 0) is 19.0 Å². The second-order valence-corrected chi connectivity index (χ2v) is 5.59. The molecule has 1 heterocycles. The van der Waals surface area contributed by atoms with Gasteiger partial charge < -0.3 is 0 Å². The van der Waals surface area contributed by atoms with E-state index < -0.39 is 11.7 Å². The lowest BCUT2D eigenvalue weighted by molar-refractivity contribution is -0.137. The molecule has 0 radical (unpaired) electrons. The molecule has 2 aromatic rings. The molecule has 0 atom stereocenters. The summed E-state index contributed by atoms with van der Waals surface area (Å²) in [5.74, 6) is -0.144. The van der Waals surface area contributed by atoms with Crippen molar-refractivity contribution in [2.45, 2.75) is 25.9 Å². The third-order valence-corrected chi connectivity index (χ3v) is 4.17. The van der Waals surface area contributed by atoms with Crippen molar-refractivity contribution < 1.29 is 18.0 Å². The van der Waals surface area contributed by atoms with Crippen LogP contribution in [0.4, 0.5) is 13.2 Å². The van der Waals surface area contributed by atoms with Crippen LogP contribution >= 0.6 is 11.3 Å². The number of carbonyl (C=O) groups is 1. The fourth-order valence-electron chi connectivity index (χ4n) is 1.85. The predicted molar refractivity (Wildman–Crippen MR) is 73.2 cm³/mol. The fraction of sp³-hybridized carbons (Fsp3) is 0.267. The maximum Gasteiger partial charge on any atom is 0.416 e. The molecule has 0 amide bonds. The van der Waals surface area contributed by atoms with Crippen LogP contribution in [0.5, 0.6) is 0 Å². The predicted octanol–water partition coefficient (Wildman–Crippen LogP) is 4.75. The maximum atomic E-state index is 12.6. The van der Waals surface area contributed by atoms with Crippen molar-refractivity contribution in [3.05, 3.63) is 57.3 Å². The number of hydrogen-bond donors (Lipinski definition) is 0. The first-order chi connectivity index (χ1) is 9.40. The van der Waals surface area contributed by atoms with Gasteiger partial charge in [0.1, 0.15) is 0 Å². The number of thiophene rings is 1. The summed E-state index contributed by atoms with van der Waals surface area (Å²) in [5.41, 5.74) is -0.334. The van der Waals surface area contributed by atoms with Gasteiger partial charge in [0.15, 0.2) is 5.78 Å². The third kappa shape index (κ3) is 3.48. The zero-order chi connectivity index (χ0) is 14.8. The highest BCUT2D eigenvalue weighted by Crippen LogP contribution is 2.30. The molecule has 0 bridgehead atoms. The van der Waals surface area contributed by atoms with Crippen molar-refractivity contribution in [2.24, 2.45) is 0 Å². The van der Waals surface area contributed by atoms with Crippen molar-refractivity contribution in [1.82, 2.24) is 0 Å². The number of alkyl halides is 3. The Morgan fingerprint density at radius 2 is 1.95 bits per heavy atom. The Balaban J connectivity index is 2.15. The van der Waals surface area contributed by atoms with Gasteiger partial charge in [0.25, 0.3) is 0 Å². The van der Waals surface area contributed by atoms with Gasteiger partial charge in [0.05, 0.1) is 10.4 Å². The zero-order valence-electron chi connectivity index (χ0n) is 10.8. The Hall–Kier alpha value is -1.62. The number of Topliss-reactive ketones (excluding diaryl/α,β-unsaturated/α-hetero) is 1. The molecule has 0 aliphatic rings. The van der Waals surface area contributed by atoms with E-state index in [1.165, 1.54) is 17.4 Å². The molecule has 0 saturated carbocycles. The van der Waals surface area contributed by atoms with Crippen LogP contribution in [-0.4, -0.2) is 5.78 Å². The van der Waals surface area contributed by atoms with Gasteiger partial charge in [-0.25, -0.2) is 0 Å². The molecule has 0 aliphatic heterocycles. The minimum atomic E-state index is -4.38. The van der Waals surface area contributed by atoms with Gasteiger partial charge in [-0.3, -0.25) is 4.79 Å². The van der Waals surface area contributed by atoms with E-state index in [-0.39, 0.29) is 12.2 Å². The smallest absolute Gasteiger partial charge is 0.293 e. The second-order valence-electron chi connectivity index (χ2n) is 4.42. The molecule has 0 fully saturated rings. The Morgan fingerprint density at radius 3 is 2.55 bits per heavy atom. The Kier molecular flexibility index (Phi) is 4.28. The summed E-state index contributed by atoms with van der Waals surface area (Å²) >= 11 is 1.40. The van der Waals surface area contributed by atoms with Gasteiger partial charge in [0, 0.05) is 11.3 Å². The van der Waals surface area contributed by atoms with Crippen molar-refractivity contribution in [1.29, 1.82) is 0 Å². The van der Waals surface area contributed by atoms with Crippen molar-refractivity contribution in [3.8, 4) is 0 Å². The van der Waals surface area contributed by atoms with Gasteiger partial charge in [-0.15, -0.1) is 11.3 Å². The van der Waals surface area contributed by atoms with E-state index in [4.69, 9.17) is 0 Å². The molecule has 1 nitrogen and oxygen atoms in total. The fourth-order valence-corrected chi connectivity index (χ4v) is 2.73. The van der Waals surface area contributed by atoms with Gasteiger partial charge in [0.2, 0.25) is 0 Å². The number of aryl methyl sites for hydroxylation is 1. The quantitative estimate of drug-likeness (QED) is 0.744. The molecule has 1 aromatic heterocycles. The van der Waals surface area contributed by atoms with E-state index in [9.17, 15) is 18.0 Å². The normalized spacial score (nSPS) is 11.6. The second kappa shape index (κ2) is 5.79. The average molecular weight is 298 g/mol. The number of hydrogen-bond acceptors (Lipinski definition) is 2. The van der Waals surface area contributed by atoms with E-state index >= 15 is 0 Å². The van der Waals surface area contributed by atoms with Crippen LogP contribution in [0.15, 0.2) is 36.4 Å². The number of halogens is 3. The molecule has 0 saturated heterocycles. The van der Waals surface area contributed by atoms with E-state index in [2.05, 4.69) is 0 Å². The minimum Gasteiger partial charge on any atom is -0.293 e. The van der Waals surface area contributed by atoms with Crippen molar-refractivity contribution in [3.63, 3.8) is 0 Å². The Bertz CT molecular complexity index is 614. The summed E-state index contributed by atoms with van der Waals surface area (Å²) in [6.07, 6.45) is -3.54. The summed E-state index contributed by atoms with van der Waals surface area (Å²) in [6.45, 7) is 1.99. The first-order valence-corrected chi connectivity index (χ1v) is 7.00. The zero-order valence-corrected chi connectivity index (χ0v) is 11.6. The molecule has 0 unspecified atom stereocenters. The summed E-state index contributed by atoms with van der Waals surface area (Å²) in [7, 11) is 0. The third-order valence-electron chi connectivity index (χ3n) is 2.90. The van der Waals surface area contributed by atoms with Crippen LogP contribution in [0, 0.1) is 0 Å². The SMILES string of the molecule is CCc1ccc(C(=O)Cc2cccc(C(F)(F)F)c2)s1. The molecular formula is C15H13F3OS. The van der Waals surface area contributed by atoms with E-state index in [0.717, 1.165) is 23.4 Å². The monoisotopic (exact) mass is 298 g/mol. The van der Waals surface area contributed by atoms with Crippen molar-refractivity contribution >= 4 is 17.1 Å². The van der Waals surface area contributed by atoms with Crippen LogP contribution in [0.25, 0.3) is 0 Å². The molecule has 5 heteroatoms. The molecule has 20 heavy (non-hydrogen) atoms. The van der Waals surface area contributed by atoms with Gasteiger partial charge in [-0.2, -0.15) is 13.2 Å². The van der Waals surface area contributed by atoms with Gasteiger partial charge in [-0.1, -0.05) is 25.1 Å². The topological polar surface area (TPSA) is 17.1 Å². The van der Waals surface area contributed by atoms with Crippen molar-refractivity contribution in [2.75, 3.05) is 0 Å². The van der Waals surface area contributed by atoms with Gasteiger partial charge in [-0.05, 0) is 30.2 Å². The molecule has 0 N–H and O–H groups in total. The largest absolute Gasteiger partial charge is 0.416 e. The number of rotatable bonds is 4. The highest BCUT2D eigenvalue weighted by Gasteiger charge is 2.30. The highest BCUT2D eigenvalue weighted by atomic mass is 32.1. The lowest BCUT2D eigenvalue weighted by Gasteiger charge is -2.08. The van der Waals surface area contributed by atoms with Crippen LogP contribution in [0.1, 0.15) is 32.6 Å². The molecule has 1 aromatic carbocycles. The minimum absolute atomic E-state index is 0.00636. The highest BCUT2D eigenvalue weighted by molar-refractivity contribution is 7.14. The van der Waals surface area contributed by atoms with E-state index in [1.54, 1.807) is 12.1 Å². The summed E-state index contributed by atoms with van der Waals surface area (Å²) in [4.78, 5) is 13.7. The molecule has 0 spiro atoms. The number of benzene rings is 1. The molecule has 106 valence electrons. The van der Waals surface area contributed by atoms with Crippen LogP contribution in [0.3, 0.4) is 0 Å². The Labute approximate surface area is 119 Å². The van der Waals surface area contributed by atoms with Crippen LogP contribution < -0.4 is 0 Å². The summed E-state index contributed by atoms with van der Waals surface area (Å²) in [5, 5.41) is 0. The molecule has 0 aliphatic carbocycles. The molecular weight excluding hydrogens is 285 g/mol. The van der Waals surface area contributed by atoms with Gasteiger partial charge >= 0.3 is 6.18 Å². The number of carbonyl (C=O) groups excluding carboxylic acids is 1. The van der Waals surface area contributed by atoms with E-state index in [0.29, 0.717) is 10.4 Å². The maximum absolute atomic E-state index is 12.6. The lowest BCUT2D eigenvalue weighted by atomic mass is 10.0. The summed E-state index contributed by atoms with van der Waals surface area (Å²) < 4.78 is 37.8. The van der Waals surface area contributed by atoms with E-state index in [1.807, 2.05) is 13.0 Å². The first kappa shape index (κ1) is 14.8. The molecule has 2 rings (SSSR count). The Morgan fingerprint density at radius 1 is 1.20 bits per heavy atom. The summed E-state index contributed by atoms with van der Waals surface area (Å²) in [6, 6.07) is 8.53. The average Bonchev–Trinajstić information content (AvgIpc) is 2.87.